The Bertz CT molecular complexity index is 1600. The number of aryl methyl sites for hydroxylation is 1. The number of aromatic carboxylic acids is 1. The number of hydrogen-bond donors (Lipinski definition) is 3. The average Bonchev–Trinajstić information content (AvgIpc) is 3.50. The number of aromatic amines is 2. The number of aromatic nitrogens is 4. The van der Waals surface area contributed by atoms with E-state index in [4.69, 9.17) is 4.98 Å². The lowest BCUT2D eigenvalue weighted by Crippen LogP contribution is -2.00. The predicted octanol–water partition coefficient (Wildman–Crippen LogP) is 6.22. The Morgan fingerprint density at radius 1 is 1.03 bits per heavy atom. The predicted molar refractivity (Wildman–Crippen MR) is 141 cm³/mol. The molecule has 176 valence electrons. The van der Waals surface area contributed by atoms with Crippen molar-refractivity contribution in [3.63, 3.8) is 0 Å². The van der Waals surface area contributed by atoms with Crippen molar-refractivity contribution in [1.29, 1.82) is 0 Å². The van der Waals surface area contributed by atoms with Crippen molar-refractivity contribution < 1.29 is 9.90 Å². The fraction of sp³-hybridized carbons (Fsp3) is 0.154. The lowest BCUT2D eigenvalue weighted by molar-refractivity contribution is 0.0699. The lowest BCUT2D eigenvalue weighted by atomic mass is 9.93. The number of thioether (sulfide) groups is 1. The quantitative estimate of drug-likeness (QED) is 0.228. The average molecular weight is 503 g/mol. The molecule has 0 aliphatic carbocycles. The number of imidazole rings is 1. The fourth-order valence-electron chi connectivity index (χ4n) is 4.12. The maximum Gasteiger partial charge on any atom is 0.337 e. The van der Waals surface area contributed by atoms with Crippen LogP contribution in [0, 0.1) is 6.92 Å². The normalized spacial score (nSPS) is 11.3. The largest absolute Gasteiger partial charge is 0.478 e. The van der Waals surface area contributed by atoms with E-state index in [0.29, 0.717) is 16.9 Å². The van der Waals surface area contributed by atoms with Gasteiger partial charge in [-0.15, -0.1) is 0 Å². The van der Waals surface area contributed by atoms with E-state index < -0.39 is 5.97 Å². The summed E-state index contributed by atoms with van der Waals surface area (Å²) >= 11 is 2.49. The molecule has 35 heavy (non-hydrogen) atoms. The van der Waals surface area contributed by atoms with Gasteiger partial charge in [-0.25, -0.2) is 9.78 Å². The lowest BCUT2D eigenvalue weighted by Gasteiger charge is -2.11. The maximum absolute atomic E-state index is 12.1. The number of carbonyl (C=O) groups is 1. The molecular weight excluding hydrogens is 480 g/mol. The van der Waals surface area contributed by atoms with Crippen LogP contribution in [0.15, 0.2) is 64.5 Å². The highest BCUT2D eigenvalue weighted by Gasteiger charge is 2.19. The molecule has 0 bridgehead atoms. The summed E-state index contributed by atoms with van der Waals surface area (Å²) in [5.74, 6) is 0.461. The summed E-state index contributed by atoms with van der Waals surface area (Å²) in [5, 5.41) is 10.6. The standard InChI is InChI=1S/C26H22N4O3S2/c1-3-12-34-25-27-21-14(2)19(13-20(24(31)32)22(21)28-25)16-10-8-15(9-11-16)17-6-4-5-7-18(17)23-29-26(33)35-30-23/h4-11,13H,3,12H2,1-2H3,(H,27,28)(H,31,32)(H,29,30,33). The Hall–Kier alpha value is -3.69. The Kier molecular flexibility index (Phi) is 6.27. The highest BCUT2D eigenvalue weighted by Crippen LogP contribution is 2.35. The Balaban J connectivity index is 1.58. The highest BCUT2D eigenvalue weighted by atomic mass is 32.2. The molecule has 2 aromatic heterocycles. The van der Waals surface area contributed by atoms with Gasteiger partial charge in [0.15, 0.2) is 11.0 Å². The first-order valence-electron chi connectivity index (χ1n) is 11.1. The van der Waals surface area contributed by atoms with Crippen LogP contribution >= 0.6 is 23.3 Å². The molecule has 0 amide bonds. The van der Waals surface area contributed by atoms with Gasteiger partial charge in [0.2, 0.25) is 0 Å². The van der Waals surface area contributed by atoms with Crippen LogP contribution < -0.4 is 4.87 Å². The number of carboxylic acids is 1. The zero-order chi connectivity index (χ0) is 24.5. The molecule has 0 saturated carbocycles. The SMILES string of the molecule is CCCSc1nc2c(C)c(-c3ccc(-c4ccccc4-c4nsc(=O)[nH]4)cc3)cc(C(=O)O)c2[nH]1. The van der Waals surface area contributed by atoms with Crippen LogP contribution in [0.25, 0.3) is 44.7 Å². The summed E-state index contributed by atoms with van der Waals surface area (Å²) in [6.45, 7) is 4.07. The van der Waals surface area contributed by atoms with Gasteiger partial charge in [-0.05, 0) is 47.2 Å². The van der Waals surface area contributed by atoms with Crippen LogP contribution in [0.4, 0.5) is 0 Å². The van der Waals surface area contributed by atoms with E-state index in [0.717, 1.165) is 62.2 Å². The molecule has 7 nitrogen and oxygen atoms in total. The van der Waals surface area contributed by atoms with Crippen molar-refractivity contribution in [3.8, 4) is 33.6 Å². The minimum Gasteiger partial charge on any atom is -0.478 e. The van der Waals surface area contributed by atoms with E-state index in [1.54, 1.807) is 17.8 Å². The molecule has 0 unspecified atom stereocenters. The number of benzene rings is 3. The molecule has 3 aromatic carbocycles. The van der Waals surface area contributed by atoms with Gasteiger partial charge in [-0.1, -0.05) is 67.2 Å². The molecule has 5 rings (SSSR count). The Morgan fingerprint density at radius 2 is 1.71 bits per heavy atom. The first kappa shape index (κ1) is 23.1. The Labute approximate surface area is 209 Å². The van der Waals surface area contributed by atoms with E-state index in [2.05, 4.69) is 21.3 Å². The Morgan fingerprint density at radius 3 is 2.34 bits per heavy atom. The molecule has 2 heterocycles. The first-order chi connectivity index (χ1) is 17.0. The van der Waals surface area contributed by atoms with E-state index >= 15 is 0 Å². The smallest absolute Gasteiger partial charge is 0.337 e. The summed E-state index contributed by atoms with van der Waals surface area (Å²) in [6, 6.07) is 17.4. The van der Waals surface area contributed by atoms with Gasteiger partial charge >= 0.3 is 10.8 Å². The van der Waals surface area contributed by atoms with Crippen molar-refractivity contribution in [2.45, 2.75) is 25.4 Å². The van der Waals surface area contributed by atoms with Crippen molar-refractivity contribution in [2.24, 2.45) is 0 Å². The first-order valence-corrected chi connectivity index (χ1v) is 12.9. The van der Waals surface area contributed by atoms with E-state index in [1.165, 1.54) is 0 Å². The van der Waals surface area contributed by atoms with Crippen molar-refractivity contribution in [3.05, 3.63) is 75.4 Å². The number of carboxylic acid groups (broad SMARTS) is 1. The van der Waals surface area contributed by atoms with E-state index in [-0.39, 0.29) is 10.4 Å². The number of nitrogens with one attached hydrogen (secondary N) is 2. The van der Waals surface area contributed by atoms with Crippen LogP contribution in [-0.2, 0) is 0 Å². The third-order valence-electron chi connectivity index (χ3n) is 5.80. The van der Waals surface area contributed by atoms with Crippen molar-refractivity contribution in [2.75, 3.05) is 5.75 Å². The van der Waals surface area contributed by atoms with Crippen LogP contribution in [0.3, 0.4) is 0 Å². The third kappa shape index (κ3) is 4.40. The van der Waals surface area contributed by atoms with Gasteiger partial charge in [-0.2, -0.15) is 4.37 Å². The molecular formula is C26H22N4O3S2. The van der Waals surface area contributed by atoms with Crippen LogP contribution in [-0.4, -0.2) is 36.2 Å². The van der Waals surface area contributed by atoms with Gasteiger partial charge < -0.3 is 10.1 Å². The number of H-pyrrole nitrogens is 2. The number of rotatable bonds is 7. The van der Waals surface area contributed by atoms with Gasteiger partial charge in [-0.3, -0.25) is 9.78 Å². The molecule has 3 N–H and O–H groups in total. The summed E-state index contributed by atoms with van der Waals surface area (Å²) in [6.07, 6.45) is 1.01. The molecule has 0 spiro atoms. The molecule has 0 atom stereocenters. The van der Waals surface area contributed by atoms with Crippen molar-refractivity contribution in [1.82, 2.24) is 19.3 Å². The monoisotopic (exact) mass is 502 g/mol. The minimum atomic E-state index is -0.991. The third-order valence-corrected chi connectivity index (χ3v) is 7.42. The molecule has 9 heteroatoms. The minimum absolute atomic E-state index is 0.195. The zero-order valence-corrected chi connectivity index (χ0v) is 20.7. The second-order valence-corrected chi connectivity index (χ2v) is 9.90. The molecule has 5 aromatic rings. The van der Waals surface area contributed by atoms with Gasteiger partial charge in [0.25, 0.3) is 0 Å². The fourth-order valence-corrected chi connectivity index (χ4v) is 5.31. The summed E-state index contributed by atoms with van der Waals surface area (Å²) < 4.78 is 4.23. The van der Waals surface area contributed by atoms with Gasteiger partial charge in [0.1, 0.15) is 0 Å². The van der Waals surface area contributed by atoms with Crippen molar-refractivity contribution >= 4 is 40.3 Å². The second kappa shape index (κ2) is 9.52. The molecule has 0 saturated heterocycles. The maximum atomic E-state index is 12.1. The molecule has 0 aliphatic rings. The number of nitrogens with zero attached hydrogens (tertiary/aromatic N) is 2. The molecule has 0 radical (unpaired) electrons. The molecule has 0 fully saturated rings. The summed E-state index contributed by atoms with van der Waals surface area (Å²) in [4.78, 5) is 34.2. The topological polar surface area (TPSA) is 112 Å². The van der Waals surface area contributed by atoms with Gasteiger partial charge in [0.05, 0.1) is 16.6 Å². The second-order valence-electron chi connectivity index (χ2n) is 8.08. The van der Waals surface area contributed by atoms with Crippen LogP contribution in [0.1, 0.15) is 29.3 Å². The van der Waals surface area contributed by atoms with E-state index in [9.17, 15) is 14.7 Å². The summed E-state index contributed by atoms with van der Waals surface area (Å²) in [7, 11) is 0. The number of fused-ring (bicyclic) bond motifs is 1. The highest BCUT2D eigenvalue weighted by molar-refractivity contribution is 7.99. The number of hydrogen-bond acceptors (Lipinski definition) is 6. The zero-order valence-electron chi connectivity index (χ0n) is 19.1. The van der Waals surface area contributed by atoms with Gasteiger partial charge in [0, 0.05) is 22.8 Å². The van der Waals surface area contributed by atoms with Crippen LogP contribution in [0.2, 0.25) is 0 Å². The van der Waals surface area contributed by atoms with Crippen LogP contribution in [0.5, 0.6) is 0 Å². The summed E-state index contributed by atoms with van der Waals surface area (Å²) in [5.41, 5.74) is 6.87. The van der Waals surface area contributed by atoms with E-state index in [1.807, 2.05) is 55.5 Å². The molecule has 0 aliphatic heterocycles.